The highest BCUT2D eigenvalue weighted by atomic mass is 32.2. The van der Waals surface area contributed by atoms with Crippen molar-refractivity contribution in [2.45, 2.75) is 11.4 Å². The molecule has 1 aromatic heterocycles. The highest BCUT2D eigenvalue weighted by Gasteiger charge is 2.27. The third-order valence-corrected chi connectivity index (χ3v) is 3.91. The average Bonchev–Trinajstić information content (AvgIpc) is 2.93. The maximum atomic E-state index is 12.1. The van der Waals surface area contributed by atoms with Crippen LogP contribution < -0.4 is 15.2 Å². The molecule has 0 spiro atoms. The Morgan fingerprint density at radius 2 is 1.86 bits per heavy atom. The van der Waals surface area contributed by atoms with E-state index in [1.807, 2.05) is 0 Å². The van der Waals surface area contributed by atoms with Gasteiger partial charge in [0.05, 0.1) is 26.3 Å². The third-order valence-electron chi connectivity index (χ3n) is 2.76. The molecular weight excluding hydrogens is 298 g/mol. The van der Waals surface area contributed by atoms with Gasteiger partial charge in [0.2, 0.25) is 11.7 Å². The van der Waals surface area contributed by atoms with Crippen molar-refractivity contribution in [3.8, 4) is 22.9 Å². The molecule has 0 radical (unpaired) electrons. The van der Waals surface area contributed by atoms with Crippen molar-refractivity contribution in [1.82, 2.24) is 10.1 Å². The van der Waals surface area contributed by atoms with Crippen molar-refractivity contribution in [2.75, 3.05) is 20.5 Å². The molecule has 2 rings (SSSR count). The Kier molecular flexibility index (Phi) is 4.14. The molecule has 8 nitrogen and oxygen atoms in total. The maximum Gasteiger partial charge on any atom is 0.240 e. The van der Waals surface area contributed by atoms with E-state index < -0.39 is 9.84 Å². The largest absolute Gasteiger partial charge is 0.496 e. The van der Waals surface area contributed by atoms with E-state index in [9.17, 15) is 8.42 Å². The zero-order valence-corrected chi connectivity index (χ0v) is 12.6. The number of ether oxygens (including phenoxy) is 2. The molecule has 0 aliphatic carbocycles. The van der Waals surface area contributed by atoms with E-state index in [4.69, 9.17) is 19.7 Å². The van der Waals surface area contributed by atoms with Crippen LogP contribution in [0.2, 0.25) is 0 Å². The monoisotopic (exact) mass is 313 g/mol. The molecule has 114 valence electrons. The Labute approximate surface area is 121 Å². The molecule has 21 heavy (non-hydrogen) atoms. The number of methoxy groups -OCH3 is 2. The zero-order valence-electron chi connectivity index (χ0n) is 11.8. The molecule has 0 amide bonds. The fraction of sp³-hybridized carbons (Fsp3) is 0.333. The molecule has 0 unspecified atom stereocenters. The summed E-state index contributed by atoms with van der Waals surface area (Å²) in [5.41, 5.74) is 5.60. The van der Waals surface area contributed by atoms with Gasteiger partial charge in [-0.1, -0.05) is 5.16 Å². The van der Waals surface area contributed by atoms with Crippen LogP contribution in [0.1, 0.15) is 5.89 Å². The predicted molar refractivity (Wildman–Crippen MR) is 73.8 cm³/mol. The van der Waals surface area contributed by atoms with Crippen LogP contribution in [0, 0.1) is 0 Å². The Bertz CT molecular complexity index is 754. The lowest BCUT2D eigenvalue weighted by atomic mass is 10.1. The maximum absolute atomic E-state index is 12.1. The number of hydrogen-bond donors (Lipinski definition) is 1. The van der Waals surface area contributed by atoms with Crippen molar-refractivity contribution in [1.29, 1.82) is 0 Å². The second kappa shape index (κ2) is 5.70. The highest BCUT2D eigenvalue weighted by Crippen LogP contribution is 2.40. The van der Waals surface area contributed by atoms with Crippen LogP contribution >= 0.6 is 0 Å². The minimum absolute atomic E-state index is 0.0491. The van der Waals surface area contributed by atoms with Gasteiger partial charge in [-0.15, -0.1) is 0 Å². The first-order valence-electron chi connectivity index (χ1n) is 5.90. The van der Waals surface area contributed by atoms with Crippen LogP contribution in [0.15, 0.2) is 21.6 Å². The summed E-state index contributed by atoms with van der Waals surface area (Å²) < 4.78 is 39.5. The van der Waals surface area contributed by atoms with Crippen molar-refractivity contribution >= 4 is 9.84 Å². The van der Waals surface area contributed by atoms with Crippen molar-refractivity contribution < 1.29 is 22.4 Å². The Balaban J connectivity index is 2.83. The molecule has 2 aromatic rings. The molecule has 9 heteroatoms. The number of benzene rings is 1. The van der Waals surface area contributed by atoms with Gasteiger partial charge in [-0.25, -0.2) is 8.42 Å². The number of nitrogens with zero attached hydrogens (tertiary/aromatic N) is 2. The summed E-state index contributed by atoms with van der Waals surface area (Å²) in [6.45, 7) is 0.0491. The van der Waals surface area contributed by atoms with Gasteiger partial charge in [0.15, 0.2) is 9.84 Å². The SMILES string of the molecule is COc1ccc(OC)c(S(C)(=O)=O)c1-c1noc(CN)n1. The molecule has 0 atom stereocenters. The van der Waals surface area contributed by atoms with Crippen LogP contribution in [0.4, 0.5) is 0 Å². The van der Waals surface area contributed by atoms with Crippen molar-refractivity contribution in [3.05, 3.63) is 18.0 Å². The summed E-state index contributed by atoms with van der Waals surface area (Å²) >= 11 is 0. The number of hydrogen-bond acceptors (Lipinski definition) is 8. The van der Waals surface area contributed by atoms with E-state index in [2.05, 4.69) is 10.1 Å². The molecular formula is C12H15N3O5S. The van der Waals surface area contributed by atoms with E-state index in [1.54, 1.807) is 6.07 Å². The highest BCUT2D eigenvalue weighted by molar-refractivity contribution is 7.91. The Hall–Kier alpha value is -2.13. The van der Waals surface area contributed by atoms with Gasteiger partial charge in [0.25, 0.3) is 0 Å². The standard InChI is InChI=1S/C12H15N3O5S/c1-18-7-4-5-8(19-2)11(21(3,16)17)10(7)12-14-9(6-13)20-15-12/h4-5H,6,13H2,1-3H3. The van der Waals surface area contributed by atoms with Gasteiger partial charge in [-0.05, 0) is 12.1 Å². The number of rotatable bonds is 5. The van der Waals surface area contributed by atoms with Gasteiger partial charge in [0, 0.05) is 6.26 Å². The summed E-state index contributed by atoms with van der Waals surface area (Å²) in [7, 11) is -0.818. The van der Waals surface area contributed by atoms with Crippen molar-refractivity contribution in [2.24, 2.45) is 5.73 Å². The number of nitrogens with two attached hydrogens (primary N) is 1. The van der Waals surface area contributed by atoms with E-state index in [-0.39, 0.29) is 34.5 Å². The molecule has 0 saturated carbocycles. The van der Waals surface area contributed by atoms with Crippen molar-refractivity contribution in [3.63, 3.8) is 0 Å². The lowest BCUT2D eigenvalue weighted by molar-refractivity contribution is 0.378. The molecule has 0 bridgehead atoms. The van der Waals surface area contributed by atoms with Gasteiger partial charge in [-0.3, -0.25) is 0 Å². The third kappa shape index (κ3) is 2.83. The van der Waals surface area contributed by atoms with Crippen LogP contribution in [0.5, 0.6) is 11.5 Å². The summed E-state index contributed by atoms with van der Waals surface area (Å²) in [4.78, 5) is 3.99. The van der Waals surface area contributed by atoms with Gasteiger partial charge < -0.3 is 19.7 Å². The van der Waals surface area contributed by atoms with Crippen LogP contribution in [0.3, 0.4) is 0 Å². The van der Waals surface area contributed by atoms with E-state index in [0.29, 0.717) is 5.75 Å². The molecule has 1 heterocycles. The summed E-state index contributed by atoms with van der Waals surface area (Å²) in [5, 5.41) is 3.75. The molecule has 0 aliphatic heterocycles. The Morgan fingerprint density at radius 1 is 1.24 bits per heavy atom. The van der Waals surface area contributed by atoms with Crippen LogP contribution in [0.25, 0.3) is 11.4 Å². The first-order chi connectivity index (χ1) is 9.92. The van der Waals surface area contributed by atoms with E-state index in [1.165, 1.54) is 20.3 Å². The predicted octanol–water partition coefficient (Wildman–Crippen LogP) is 0.616. The zero-order chi connectivity index (χ0) is 15.6. The number of sulfone groups is 1. The second-order valence-electron chi connectivity index (χ2n) is 4.16. The first kappa shape index (κ1) is 15.3. The van der Waals surface area contributed by atoms with E-state index >= 15 is 0 Å². The quantitative estimate of drug-likeness (QED) is 0.853. The fourth-order valence-electron chi connectivity index (χ4n) is 1.90. The average molecular weight is 313 g/mol. The molecule has 2 N–H and O–H groups in total. The van der Waals surface area contributed by atoms with Gasteiger partial charge in [0.1, 0.15) is 16.4 Å². The Morgan fingerprint density at radius 3 is 2.33 bits per heavy atom. The number of aromatic nitrogens is 2. The first-order valence-corrected chi connectivity index (χ1v) is 7.79. The van der Waals surface area contributed by atoms with Gasteiger partial charge >= 0.3 is 0 Å². The van der Waals surface area contributed by atoms with Gasteiger partial charge in [-0.2, -0.15) is 4.98 Å². The second-order valence-corrected chi connectivity index (χ2v) is 6.11. The normalized spacial score (nSPS) is 11.4. The van der Waals surface area contributed by atoms with E-state index in [0.717, 1.165) is 6.26 Å². The minimum Gasteiger partial charge on any atom is -0.496 e. The molecule has 1 aromatic carbocycles. The molecule has 0 aliphatic rings. The molecule has 0 saturated heterocycles. The smallest absolute Gasteiger partial charge is 0.240 e. The molecule has 0 fully saturated rings. The van der Waals surface area contributed by atoms with Crippen LogP contribution in [-0.2, 0) is 16.4 Å². The lowest BCUT2D eigenvalue weighted by Crippen LogP contribution is -2.06. The van der Waals surface area contributed by atoms with Crippen LogP contribution in [-0.4, -0.2) is 39.0 Å². The summed E-state index contributed by atoms with van der Waals surface area (Å²) in [5.74, 6) is 0.731. The summed E-state index contributed by atoms with van der Waals surface area (Å²) in [6.07, 6.45) is 1.07. The topological polar surface area (TPSA) is 118 Å². The fourth-order valence-corrected chi connectivity index (χ4v) is 2.98. The summed E-state index contributed by atoms with van der Waals surface area (Å²) in [6, 6.07) is 3.07. The minimum atomic E-state index is -3.61. The lowest BCUT2D eigenvalue weighted by Gasteiger charge is -2.13.